The van der Waals surface area contributed by atoms with Gasteiger partial charge in [0.05, 0.1) is 6.54 Å². The van der Waals surface area contributed by atoms with Crippen molar-refractivity contribution in [2.24, 2.45) is 0 Å². The van der Waals surface area contributed by atoms with Gasteiger partial charge in [-0.3, -0.25) is 9.48 Å². The van der Waals surface area contributed by atoms with Crippen molar-refractivity contribution in [3.05, 3.63) is 53.3 Å². The van der Waals surface area contributed by atoms with Crippen molar-refractivity contribution in [3.63, 3.8) is 0 Å². The smallest absolute Gasteiger partial charge is 0.251 e. The number of carbonyl (C=O) groups is 1. The van der Waals surface area contributed by atoms with Crippen molar-refractivity contribution in [1.29, 1.82) is 0 Å². The summed E-state index contributed by atoms with van der Waals surface area (Å²) in [6.45, 7) is 4.45. The van der Waals surface area contributed by atoms with Crippen LogP contribution in [0.1, 0.15) is 28.4 Å². The Morgan fingerprint density at radius 2 is 2.38 bits per heavy atom. The number of nitrogens with one attached hydrogen (secondary N) is 2. The highest BCUT2D eigenvalue weighted by atomic mass is 16.1. The Bertz CT molecular complexity index is 621. The molecule has 0 fully saturated rings. The molecule has 0 saturated carbocycles. The summed E-state index contributed by atoms with van der Waals surface area (Å²) in [6.07, 6.45) is 4.56. The number of carbonyl (C=O) groups excluding carboxylic acids is 1. The molecule has 0 bridgehead atoms. The average molecular weight is 284 g/mol. The largest absolute Gasteiger partial charge is 0.348 e. The van der Waals surface area contributed by atoms with Crippen LogP contribution in [0.5, 0.6) is 0 Å². The van der Waals surface area contributed by atoms with Crippen molar-refractivity contribution in [1.82, 2.24) is 20.4 Å². The molecule has 1 aliphatic rings. The summed E-state index contributed by atoms with van der Waals surface area (Å²) >= 11 is 0. The quantitative estimate of drug-likeness (QED) is 0.891. The predicted molar refractivity (Wildman–Crippen MR) is 81.0 cm³/mol. The Hall–Kier alpha value is -2.14. The van der Waals surface area contributed by atoms with Crippen LogP contribution in [0.2, 0.25) is 0 Å². The summed E-state index contributed by atoms with van der Waals surface area (Å²) < 4.78 is 1.83. The van der Waals surface area contributed by atoms with Gasteiger partial charge in [-0.05, 0) is 43.1 Å². The monoisotopic (exact) mass is 284 g/mol. The highest BCUT2D eigenvalue weighted by Gasteiger charge is 2.18. The first-order valence-electron chi connectivity index (χ1n) is 7.34. The third-order valence-electron chi connectivity index (χ3n) is 3.78. The minimum absolute atomic E-state index is 0.00778. The van der Waals surface area contributed by atoms with E-state index in [1.165, 1.54) is 11.1 Å². The Kier molecular flexibility index (Phi) is 4.01. The van der Waals surface area contributed by atoms with Crippen LogP contribution in [-0.2, 0) is 19.5 Å². The number of nitrogens with zero attached hydrogens (tertiary/aromatic N) is 2. The molecule has 0 spiro atoms. The van der Waals surface area contributed by atoms with Crippen LogP contribution in [0.3, 0.4) is 0 Å². The molecule has 21 heavy (non-hydrogen) atoms. The summed E-state index contributed by atoms with van der Waals surface area (Å²) in [5.74, 6) is 0.00778. The molecule has 0 aliphatic carbocycles. The van der Waals surface area contributed by atoms with E-state index in [9.17, 15) is 4.79 Å². The van der Waals surface area contributed by atoms with Gasteiger partial charge >= 0.3 is 0 Å². The molecule has 3 rings (SSSR count). The van der Waals surface area contributed by atoms with Gasteiger partial charge in [0.15, 0.2) is 0 Å². The Balaban J connectivity index is 1.70. The third kappa shape index (κ3) is 3.13. The molecule has 1 aliphatic heterocycles. The number of amides is 1. The zero-order valence-corrected chi connectivity index (χ0v) is 12.2. The molecule has 1 aromatic heterocycles. The van der Waals surface area contributed by atoms with Crippen LogP contribution in [0.4, 0.5) is 0 Å². The summed E-state index contributed by atoms with van der Waals surface area (Å²) in [7, 11) is 0. The van der Waals surface area contributed by atoms with Gasteiger partial charge in [-0.25, -0.2) is 0 Å². The molecule has 5 nitrogen and oxygen atoms in total. The molecule has 2 heterocycles. The molecule has 110 valence electrons. The maximum Gasteiger partial charge on any atom is 0.251 e. The van der Waals surface area contributed by atoms with E-state index in [0.717, 1.165) is 25.1 Å². The van der Waals surface area contributed by atoms with Crippen molar-refractivity contribution in [2.75, 3.05) is 6.54 Å². The Morgan fingerprint density at radius 3 is 3.19 bits per heavy atom. The fourth-order valence-corrected chi connectivity index (χ4v) is 2.78. The lowest BCUT2D eigenvalue weighted by Gasteiger charge is -2.21. The molecule has 1 atom stereocenters. The number of fused-ring (bicyclic) bond motifs is 1. The first kappa shape index (κ1) is 13.8. The Morgan fingerprint density at radius 1 is 1.48 bits per heavy atom. The number of aromatic nitrogens is 2. The molecular weight excluding hydrogens is 264 g/mol. The third-order valence-corrected chi connectivity index (χ3v) is 3.78. The second-order valence-electron chi connectivity index (χ2n) is 5.47. The highest BCUT2D eigenvalue weighted by Crippen LogP contribution is 2.18. The van der Waals surface area contributed by atoms with Crippen molar-refractivity contribution >= 4 is 5.91 Å². The first-order valence-corrected chi connectivity index (χ1v) is 7.34. The summed E-state index contributed by atoms with van der Waals surface area (Å²) in [5, 5.41) is 10.6. The fraction of sp³-hybridized carbons (Fsp3) is 0.375. The van der Waals surface area contributed by atoms with Gasteiger partial charge in [0, 0.05) is 30.5 Å². The number of benzene rings is 1. The van der Waals surface area contributed by atoms with Crippen LogP contribution in [0.15, 0.2) is 36.7 Å². The van der Waals surface area contributed by atoms with E-state index in [-0.39, 0.29) is 11.9 Å². The van der Waals surface area contributed by atoms with Gasteiger partial charge in [0.25, 0.3) is 5.91 Å². The topological polar surface area (TPSA) is 59.0 Å². The van der Waals surface area contributed by atoms with Crippen molar-refractivity contribution < 1.29 is 4.79 Å². The molecule has 1 unspecified atom stereocenters. The normalized spacial score (nSPS) is 15.3. The summed E-state index contributed by atoms with van der Waals surface area (Å²) in [5.41, 5.74) is 3.22. The van der Waals surface area contributed by atoms with E-state index in [2.05, 4.69) is 21.8 Å². The maximum atomic E-state index is 12.5. The average Bonchev–Trinajstić information content (AvgIpc) is 2.99. The molecule has 5 heteroatoms. The van der Waals surface area contributed by atoms with Crippen LogP contribution in [-0.4, -0.2) is 28.3 Å². The van der Waals surface area contributed by atoms with E-state index in [1.54, 1.807) is 6.20 Å². The number of hydrogen-bond acceptors (Lipinski definition) is 3. The van der Waals surface area contributed by atoms with E-state index in [0.29, 0.717) is 6.54 Å². The Labute approximate surface area is 124 Å². The van der Waals surface area contributed by atoms with Crippen LogP contribution >= 0.6 is 0 Å². The van der Waals surface area contributed by atoms with Gasteiger partial charge in [-0.1, -0.05) is 12.1 Å². The van der Waals surface area contributed by atoms with Gasteiger partial charge in [0.1, 0.15) is 0 Å². The molecule has 2 N–H and O–H groups in total. The molecule has 0 radical (unpaired) electrons. The summed E-state index contributed by atoms with van der Waals surface area (Å²) in [6, 6.07) is 7.88. The van der Waals surface area contributed by atoms with Gasteiger partial charge in [-0.15, -0.1) is 0 Å². The SMILES string of the molecule is CC(Cn1cccn1)NC(=O)c1cccc2c1CCNC2. The second-order valence-corrected chi connectivity index (χ2v) is 5.47. The van der Waals surface area contributed by atoms with Crippen LogP contribution < -0.4 is 10.6 Å². The maximum absolute atomic E-state index is 12.5. The summed E-state index contributed by atoms with van der Waals surface area (Å²) in [4.78, 5) is 12.5. The zero-order valence-electron chi connectivity index (χ0n) is 12.2. The molecule has 0 saturated heterocycles. The van der Waals surface area contributed by atoms with E-state index >= 15 is 0 Å². The lowest BCUT2D eigenvalue weighted by molar-refractivity contribution is 0.0934. The molecule has 1 amide bonds. The van der Waals surface area contributed by atoms with Crippen molar-refractivity contribution in [2.45, 2.75) is 32.5 Å². The van der Waals surface area contributed by atoms with Gasteiger partial charge < -0.3 is 10.6 Å². The first-order chi connectivity index (χ1) is 10.2. The minimum atomic E-state index is 0.00778. The lowest BCUT2D eigenvalue weighted by atomic mass is 9.95. The van der Waals surface area contributed by atoms with Crippen LogP contribution in [0, 0.1) is 0 Å². The minimum Gasteiger partial charge on any atom is -0.348 e. The van der Waals surface area contributed by atoms with Crippen LogP contribution in [0.25, 0.3) is 0 Å². The predicted octanol–water partition coefficient (Wildman–Crippen LogP) is 1.35. The zero-order chi connectivity index (χ0) is 14.7. The second kappa shape index (κ2) is 6.10. The van der Waals surface area contributed by atoms with Gasteiger partial charge in [-0.2, -0.15) is 5.10 Å². The van der Waals surface area contributed by atoms with Gasteiger partial charge in [0.2, 0.25) is 0 Å². The lowest BCUT2D eigenvalue weighted by Crippen LogP contribution is -2.37. The standard InChI is InChI=1S/C16H20N4O/c1-12(11-20-9-3-7-18-20)19-16(21)15-5-2-4-13-10-17-8-6-14(13)15/h2-5,7,9,12,17H,6,8,10-11H2,1H3,(H,19,21). The number of hydrogen-bond donors (Lipinski definition) is 2. The molecular formula is C16H20N4O. The van der Waals surface area contributed by atoms with E-state index in [4.69, 9.17) is 0 Å². The molecule has 2 aromatic rings. The highest BCUT2D eigenvalue weighted by molar-refractivity contribution is 5.96. The molecule has 1 aromatic carbocycles. The van der Waals surface area contributed by atoms with E-state index < -0.39 is 0 Å². The fourth-order valence-electron chi connectivity index (χ4n) is 2.78. The van der Waals surface area contributed by atoms with Crippen molar-refractivity contribution in [3.8, 4) is 0 Å². The number of rotatable bonds is 4. The van der Waals surface area contributed by atoms with E-state index in [1.807, 2.05) is 36.0 Å².